The van der Waals surface area contributed by atoms with Gasteiger partial charge in [0.2, 0.25) is 5.91 Å². The minimum atomic E-state index is -0.621. The van der Waals surface area contributed by atoms with Gasteiger partial charge in [0, 0.05) is 17.1 Å². The Bertz CT molecular complexity index is 566. The maximum atomic E-state index is 10.8. The van der Waals surface area contributed by atoms with Gasteiger partial charge < -0.3 is 16.5 Å². The van der Waals surface area contributed by atoms with Crippen molar-refractivity contribution in [2.75, 3.05) is 0 Å². The molecule has 0 aliphatic heterocycles. The zero-order valence-electron chi connectivity index (χ0n) is 13.4. The molecule has 21 heavy (non-hydrogen) atoms. The minimum absolute atomic E-state index is 0.472. The molecule has 5 N–H and O–H groups in total. The second-order valence-electron chi connectivity index (χ2n) is 6.06. The van der Waals surface area contributed by atoms with Crippen molar-refractivity contribution in [2.45, 2.75) is 40.2 Å². The Morgan fingerprint density at radius 1 is 1.14 bits per heavy atom. The van der Waals surface area contributed by atoms with Crippen LogP contribution < -0.4 is 11.5 Å². The largest absolute Gasteiger partial charge is 0.368 e. The van der Waals surface area contributed by atoms with Crippen molar-refractivity contribution in [3.63, 3.8) is 0 Å². The number of hydrogen-bond acceptors (Lipinski definition) is 2. The molecule has 0 aliphatic rings. The number of nitrogens with two attached hydrogens (primary N) is 2. The summed E-state index contributed by atoms with van der Waals surface area (Å²) in [6.45, 7) is 8.96. The van der Waals surface area contributed by atoms with Gasteiger partial charge in [-0.1, -0.05) is 45.9 Å². The van der Waals surface area contributed by atoms with E-state index in [0.717, 1.165) is 28.3 Å². The first-order valence-electron chi connectivity index (χ1n) is 7.42. The molecule has 1 heterocycles. The molecule has 1 aromatic carbocycles. The van der Waals surface area contributed by atoms with Crippen LogP contribution in [0.3, 0.4) is 0 Å². The van der Waals surface area contributed by atoms with Crippen molar-refractivity contribution in [2.24, 2.45) is 23.3 Å². The van der Waals surface area contributed by atoms with Gasteiger partial charge in [-0.3, -0.25) is 4.79 Å². The highest BCUT2D eigenvalue weighted by molar-refractivity contribution is 5.85. The molecule has 0 spiro atoms. The monoisotopic (exact) mass is 289 g/mol. The van der Waals surface area contributed by atoms with Gasteiger partial charge in [-0.2, -0.15) is 0 Å². The van der Waals surface area contributed by atoms with Crippen LogP contribution in [-0.2, 0) is 11.2 Å². The van der Waals surface area contributed by atoms with Gasteiger partial charge >= 0.3 is 0 Å². The number of benzene rings is 1. The molecule has 1 atom stereocenters. The summed E-state index contributed by atoms with van der Waals surface area (Å²) in [4.78, 5) is 14.0. The number of carbonyl (C=O) groups excluding carboxylic acids is 1. The number of nitrogens with one attached hydrogen (secondary N) is 1. The summed E-state index contributed by atoms with van der Waals surface area (Å²) < 4.78 is 0. The lowest BCUT2D eigenvalue weighted by Crippen LogP contribution is -2.38. The molecule has 1 unspecified atom stereocenters. The van der Waals surface area contributed by atoms with Gasteiger partial charge in [-0.05, 0) is 29.9 Å². The molecule has 0 bridgehead atoms. The van der Waals surface area contributed by atoms with Gasteiger partial charge in [-0.15, -0.1) is 0 Å². The summed E-state index contributed by atoms with van der Waals surface area (Å²) in [5.41, 5.74) is 12.8. The Balaban J connectivity index is 0.000000315. The Kier molecular flexibility index (Phi) is 6.43. The fourth-order valence-electron chi connectivity index (χ4n) is 1.64. The SMILES string of the molecule is CC(C)C(C)C.NC(=O)C(N)Cc1c[nH]c2ccccc12. The topological polar surface area (TPSA) is 84.9 Å². The molecular formula is C17H27N3O. The van der Waals surface area contributed by atoms with Crippen molar-refractivity contribution >= 4 is 16.8 Å². The van der Waals surface area contributed by atoms with Crippen LogP contribution in [0.4, 0.5) is 0 Å². The van der Waals surface area contributed by atoms with E-state index >= 15 is 0 Å². The highest BCUT2D eigenvalue weighted by Gasteiger charge is 2.12. The Morgan fingerprint density at radius 2 is 1.71 bits per heavy atom. The third-order valence-electron chi connectivity index (χ3n) is 3.81. The van der Waals surface area contributed by atoms with Crippen molar-refractivity contribution < 1.29 is 4.79 Å². The number of amides is 1. The summed E-state index contributed by atoms with van der Waals surface area (Å²) in [6, 6.07) is 7.26. The first kappa shape index (κ1) is 17.2. The number of hydrogen-bond donors (Lipinski definition) is 3. The highest BCUT2D eigenvalue weighted by Crippen LogP contribution is 2.18. The van der Waals surface area contributed by atoms with Crippen LogP contribution in [0, 0.1) is 11.8 Å². The fourth-order valence-corrected chi connectivity index (χ4v) is 1.64. The van der Waals surface area contributed by atoms with Crippen molar-refractivity contribution in [3.05, 3.63) is 36.0 Å². The van der Waals surface area contributed by atoms with Gasteiger partial charge in [-0.25, -0.2) is 0 Å². The van der Waals surface area contributed by atoms with Crippen LogP contribution in [0.25, 0.3) is 10.9 Å². The normalized spacial score (nSPS) is 12.3. The first-order chi connectivity index (χ1) is 9.82. The number of H-pyrrole nitrogens is 1. The molecule has 0 saturated heterocycles. The summed E-state index contributed by atoms with van der Waals surface area (Å²) in [6.07, 6.45) is 2.34. The van der Waals surface area contributed by atoms with E-state index in [0.29, 0.717) is 6.42 Å². The van der Waals surface area contributed by atoms with Crippen molar-refractivity contribution in [1.29, 1.82) is 0 Å². The lowest BCUT2D eigenvalue weighted by Gasteiger charge is -2.05. The van der Waals surface area contributed by atoms with Crippen LogP contribution >= 0.6 is 0 Å². The van der Waals surface area contributed by atoms with E-state index in [-0.39, 0.29) is 0 Å². The predicted octanol–water partition coefficient (Wildman–Crippen LogP) is 2.82. The molecule has 0 aliphatic carbocycles. The lowest BCUT2D eigenvalue weighted by atomic mass is 10.0. The second-order valence-corrected chi connectivity index (χ2v) is 6.06. The molecule has 116 valence electrons. The maximum Gasteiger partial charge on any atom is 0.234 e. The number of aromatic amines is 1. The molecule has 1 amide bonds. The third kappa shape index (κ3) is 5.23. The van der Waals surface area contributed by atoms with Crippen LogP contribution in [0.2, 0.25) is 0 Å². The molecule has 0 fully saturated rings. The van der Waals surface area contributed by atoms with Crippen molar-refractivity contribution in [3.8, 4) is 0 Å². The summed E-state index contributed by atoms with van der Waals surface area (Å²) in [7, 11) is 0. The average molecular weight is 289 g/mol. The number of fused-ring (bicyclic) bond motifs is 1. The zero-order chi connectivity index (χ0) is 16.0. The Morgan fingerprint density at radius 3 is 2.24 bits per heavy atom. The first-order valence-corrected chi connectivity index (χ1v) is 7.42. The third-order valence-corrected chi connectivity index (χ3v) is 3.81. The molecule has 0 saturated carbocycles. The molecule has 0 radical (unpaired) electrons. The molecular weight excluding hydrogens is 262 g/mol. The standard InChI is InChI=1S/C11H13N3O.C6H14/c12-9(11(13)15)5-7-6-14-10-4-2-1-3-8(7)10;1-5(2)6(3)4/h1-4,6,9,14H,5,12H2,(H2,13,15);5-6H,1-4H3. The van der Waals surface area contributed by atoms with Crippen LogP contribution in [-0.4, -0.2) is 16.9 Å². The van der Waals surface area contributed by atoms with Gasteiger partial charge in [0.25, 0.3) is 0 Å². The molecule has 4 nitrogen and oxygen atoms in total. The maximum absolute atomic E-state index is 10.8. The average Bonchev–Trinajstić information content (AvgIpc) is 2.82. The minimum Gasteiger partial charge on any atom is -0.368 e. The fraction of sp³-hybridized carbons (Fsp3) is 0.471. The Hall–Kier alpha value is -1.81. The summed E-state index contributed by atoms with van der Waals surface area (Å²) in [5, 5.41) is 1.09. The quantitative estimate of drug-likeness (QED) is 0.808. The zero-order valence-corrected chi connectivity index (χ0v) is 13.4. The Labute approximate surface area is 126 Å². The number of carbonyl (C=O) groups is 1. The van der Waals surface area contributed by atoms with Crippen LogP contribution in [0.15, 0.2) is 30.5 Å². The van der Waals surface area contributed by atoms with E-state index in [1.807, 2.05) is 30.5 Å². The van der Waals surface area contributed by atoms with E-state index in [1.54, 1.807) is 0 Å². The number of rotatable bonds is 4. The van der Waals surface area contributed by atoms with Crippen molar-refractivity contribution in [1.82, 2.24) is 4.98 Å². The van der Waals surface area contributed by atoms with Gasteiger partial charge in [0.15, 0.2) is 0 Å². The number of para-hydroxylation sites is 1. The van der Waals surface area contributed by atoms with E-state index in [2.05, 4.69) is 32.7 Å². The van der Waals surface area contributed by atoms with E-state index < -0.39 is 11.9 Å². The number of aromatic nitrogens is 1. The van der Waals surface area contributed by atoms with E-state index in [9.17, 15) is 4.79 Å². The van der Waals surface area contributed by atoms with Gasteiger partial charge in [0.1, 0.15) is 0 Å². The lowest BCUT2D eigenvalue weighted by molar-refractivity contribution is -0.119. The van der Waals surface area contributed by atoms with Gasteiger partial charge in [0.05, 0.1) is 6.04 Å². The van der Waals surface area contributed by atoms with E-state index in [1.165, 1.54) is 0 Å². The smallest absolute Gasteiger partial charge is 0.234 e. The van der Waals surface area contributed by atoms with E-state index in [4.69, 9.17) is 11.5 Å². The highest BCUT2D eigenvalue weighted by atomic mass is 16.1. The molecule has 2 rings (SSSR count). The number of primary amides is 1. The predicted molar refractivity (Wildman–Crippen MR) is 88.8 cm³/mol. The summed E-state index contributed by atoms with van der Waals surface area (Å²) >= 11 is 0. The van der Waals surface area contributed by atoms with Crippen LogP contribution in [0.5, 0.6) is 0 Å². The molecule has 1 aromatic heterocycles. The summed E-state index contributed by atoms with van der Waals surface area (Å²) in [5.74, 6) is 1.23. The molecule has 4 heteroatoms. The molecule has 2 aromatic rings. The van der Waals surface area contributed by atoms with Crippen LogP contribution in [0.1, 0.15) is 33.3 Å². The second kappa shape index (κ2) is 7.84.